The molecule has 0 fully saturated rings. The molecule has 1 N–H and O–H groups in total. The first-order valence-electron chi connectivity index (χ1n) is 8.84. The third kappa shape index (κ3) is 4.26. The Balaban J connectivity index is 1.54. The molecule has 1 aromatic rings. The van der Waals surface area contributed by atoms with Gasteiger partial charge in [0.15, 0.2) is 9.84 Å². The highest BCUT2D eigenvalue weighted by atomic mass is 32.2. The number of fused-ring (bicyclic) bond motifs is 1. The van der Waals surface area contributed by atoms with Crippen molar-refractivity contribution in [2.24, 2.45) is 0 Å². The first-order valence-corrected chi connectivity index (χ1v) is 10.5. The molecule has 1 aliphatic carbocycles. The van der Waals surface area contributed by atoms with Crippen molar-refractivity contribution < 1.29 is 13.2 Å². The third-order valence-electron chi connectivity index (χ3n) is 4.84. The van der Waals surface area contributed by atoms with Gasteiger partial charge in [-0.25, -0.2) is 8.42 Å². The summed E-state index contributed by atoms with van der Waals surface area (Å²) in [6.45, 7) is 0.685. The number of benzene rings is 1. The first kappa shape index (κ1) is 17.2. The molecule has 1 amide bonds. The van der Waals surface area contributed by atoms with Crippen LogP contribution in [0.25, 0.3) is 0 Å². The van der Waals surface area contributed by atoms with Crippen LogP contribution in [0.1, 0.15) is 49.7 Å². The van der Waals surface area contributed by atoms with Gasteiger partial charge in [-0.3, -0.25) is 4.79 Å². The number of amides is 1. The molecule has 1 aromatic carbocycles. The normalized spacial score (nSPS) is 19.2. The predicted octanol–water partition coefficient (Wildman–Crippen LogP) is 2.96. The lowest BCUT2D eigenvalue weighted by atomic mass is 9.97. The molecule has 1 heterocycles. The van der Waals surface area contributed by atoms with Gasteiger partial charge in [0, 0.05) is 6.54 Å². The second kappa shape index (κ2) is 7.51. The highest BCUT2D eigenvalue weighted by Gasteiger charge is 2.23. The Morgan fingerprint density at radius 3 is 2.79 bits per heavy atom. The van der Waals surface area contributed by atoms with Gasteiger partial charge < -0.3 is 5.32 Å². The summed E-state index contributed by atoms with van der Waals surface area (Å²) in [7, 11) is -3.12. The predicted molar refractivity (Wildman–Crippen MR) is 94.7 cm³/mol. The summed E-state index contributed by atoms with van der Waals surface area (Å²) in [5, 5.41) is 2.98. The highest BCUT2D eigenvalue weighted by Crippen LogP contribution is 2.26. The van der Waals surface area contributed by atoms with E-state index in [2.05, 4.69) is 11.4 Å². The number of rotatable bonds is 5. The van der Waals surface area contributed by atoms with Crippen LogP contribution in [-0.2, 0) is 27.5 Å². The van der Waals surface area contributed by atoms with E-state index in [0.717, 1.165) is 30.4 Å². The lowest BCUT2D eigenvalue weighted by Gasteiger charge is -2.17. The van der Waals surface area contributed by atoms with Crippen LogP contribution in [0, 0.1) is 0 Å². The fraction of sp³-hybridized carbons (Fsp3) is 0.526. The Morgan fingerprint density at radius 2 is 2.00 bits per heavy atom. The van der Waals surface area contributed by atoms with Crippen molar-refractivity contribution >= 4 is 15.7 Å². The van der Waals surface area contributed by atoms with Gasteiger partial charge in [-0.15, -0.1) is 0 Å². The van der Waals surface area contributed by atoms with Crippen molar-refractivity contribution in [1.82, 2.24) is 5.32 Å². The molecule has 0 atom stereocenters. The number of sulfone groups is 1. The van der Waals surface area contributed by atoms with E-state index in [4.69, 9.17) is 0 Å². The summed E-state index contributed by atoms with van der Waals surface area (Å²) in [6.07, 6.45) is 9.87. The van der Waals surface area contributed by atoms with Crippen LogP contribution in [0.4, 0.5) is 0 Å². The van der Waals surface area contributed by atoms with Gasteiger partial charge in [0.05, 0.1) is 17.1 Å². The van der Waals surface area contributed by atoms with E-state index < -0.39 is 9.84 Å². The second-order valence-electron chi connectivity index (χ2n) is 6.75. The molecule has 24 heavy (non-hydrogen) atoms. The molecule has 1 aliphatic heterocycles. The Hall–Kier alpha value is -1.62. The summed E-state index contributed by atoms with van der Waals surface area (Å²) >= 11 is 0. The van der Waals surface area contributed by atoms with Gasteiger partial charge >= 0.3 is 0 Å². The zero-order valence-corrected chi connectivity index (χ0v) is 14.8. The van der Waals surface area contributed by atoms with Gasteiger partial charge in [0.2, 0.25) is 5.91 Å². The SMILES string of the molecule is O=C(Cc1ccc2c(c1)CCCS2(=O)=O)NCCC1=CCCCC1. The summed E-state index contributed by atoms with van der Waals surface area (Å²) in [5.41, 5.74) is 3.21. The molecular weight excluding hydrogens is 322 g/mol. The highest BCUT2D eigenvalue weighted by molar-refractivity contribution is 7.91. The number of carbonyl (C=O) groups is 1. The summed E-state index contributed by atoms with van der Waals surface area (Å²) < 4.78 is 24.0. The zero-order chi connectivity index (χ0) is 17.0. The smallest absolute Gasteiger partial charge is 0.224 e. The van der Waals surface area contributed by atoms with Crippen LogP contribution in [-0.4, -0.2) is 26.6 Å². The van der Waals surface area contributed by atoms with Crippen LogP contribution in [0.2, 0.25) is 0 Å². The molecule has 4 nitrogen and oxygen atoms in total. The molecule has 3 rings (SSSR count). The monoisotopic (exact) mass is 347 g/mol. The second-order valence-corrected chi connectivity index (χ2v) is 8.83. The molecule has 0 spiro atoms. The van der Waals surface area contributed by atoms with Gasteiger partial charge in [-0.05, 0) is 62.1 Å². The van der Waals surface area contributed by atoms with Gasteiger partial charge in [-0.1, -0.05) is 23.8 Å². The maximum Gasteiger partial charge on any atom is 0.224 e. The van der Waals surface area contributed by atoms with Crippen LogP contribution < -0.4 is 5.32 Å². The molecular formula is C19H25NO3S. The molecule has 0 bridgehead atoms. The third-order valence-corrected chi connectivity index (χ3v) is 6.73. The summed E-state index contributed by atoms with van der Waals surface area (Å²) in [4.78, 5) is 12.5. The molecule has 0 unspecified atom stereocenters. The Labute approximate surface area is 144 Å². The fourth-order valence-electron chi connectivity index (χ4n) is 3.55. The van der Waals surface area contributed by atoms with Crippen LogP contribution in [0.3, 0.4) is 0 Å². The zero-order valence-electron chi connectivity index (χ0n) is 14.0. The van der Waals surface area contributed by atoms with E-state index in [0.29, 0.717) is 24.3 Å². The van der Waals surface area contributed by atoms with Crippen molar-refractivity contribution in [2.45, 2.75) is 56.3 Å². The van der Waals surface area contributed by atoms with E-state index in [1.54, 1.807) is 12.1 Å². The molecule has 130 valence electrons. The number of hydrogen-bond acceptors (Lipinski definition) is 3. The fourth-order valence-corrected chi connectivity index (χ4v) is 5.13. The minimum Gasteiger partial charge on any atom is -0.355 e. The van der Waals surface area contributed by atoms with Gasteiger partial charge in [0.1, 0.15) is 0 Å². The number of allylic oxidation sites excluding steroid dienone is 1. The maximum atomic E-state index is 12.1. The minimum absolute atomic E-state index is 0.00465. The number of carbonyl (C=O) groups excluding carboxylic acids is 1. The van der Waals surface area contributed by atoms with Crippen LogP contribution in [0.15, 0.2) is 34.7 Å². The minimum atomic E-state index is -3.12. The van der Waals surface area contributed by atoms with Crippen LogP contribution in [0.5, 0.6) is 0 Å². The quantitative estimate of drug-likeness (QED) is 0.833. The van der Waals surface area contributed by atoms with Gasteiger partial charge in [0.25, 0.3) is 0 Å². The molecule has 5 heteroatoms. The number of nitrogens with one attached hydrogen (secondary N) is 1. The average molecular weight is 347 g/mol. The van der Waals surface area contributed by atoms with Crippen molar-refractivity contribution in [3.05, 3.63) is 41.0 Å². The Kier molecular flexibility index (Phi) is 5.39. The maximum absolute atomic E-state index is 12.1. The lowest BCUT2D eigenvalue weighted by molar-refractivity contribution is -0.120. The molecule has 0 aromatic heterocycles. The standard InChI is InChI=1S/C19H25NO3S/c21-19(20-11-10-15-5-2-1-3-6-15)14-16-8-9-18-17(13-16)7-4-12-24(18,22)23/h5,8-9,13H,1-4,6-7,10-12,14H2,(H,20,21). The van der Waals surface area contributed by atoms with E-state index in [1.807, 2.05) is 6.07 Å². The van der Waals surface area contributed by atoms with Gasteiger partial charge in [-0.2, -0.15) is 0 Å². The van der Waals surface area contributed by atoms with E-state index in [9.17, 15) is 13.2 Å². The first-order chi connectivity index (χ1) is 11.5. The molecule has 0 radical (unpaired) electrons. The van der Waals surface area contributed by atoms with E-state index >= 15 is 0 Å². The number of aryl methyl sites for hydroxylation is 1. The summed E-state index contributed by atoms with van der Waals surface area (Å²) in [6, 6.07) is 5.32. The Morgan fingerprint density at radius 1 is 1.12 bits per heavy atom. The largest absolute Gasteiger partial charge is 0.355 e. The number of hydrogen-bond donors (Lipinski definition) is 1. The molecule has 2 aliphatic rings. The lowest BCUT2D eigenvalue weighted by Crippen LogP contribution is -2.26. The molecule has 0 saturated carbocycles. The topological polar surface area (TPSA) is 63.2 Å². The summed E-state index contributed by atoms with van der Waals surface area (Å²) in [5.74, 6) is 0.236. The van der Waals surface area contributed by atoms with Crippen molar-refractivity contribution in [1.29, 1.82) is 0 Å². The van der Waals surface area contributed by atoms with Crippen molar-refractivity contribution in [2.75, 3.05) is 12.3 Å². The van der Waals surface area contributed by atoms with Crippen molar-refractivity contribution in [3.8, 4) is 0 Å². The van der Waals surface area contributed by atoms with Crippen molar-refractivity contribution in [3.63, 3.8) is 0 Å². The van der Waals surface area contributed by atoms with E-state index in [1.165, 1.54) is 24.8 Å². The molecule has 0 saturated heterocycles. The Bertz CT molecular complexity index is 750. The average Bonchev–Trinajstić information content (AvgIpc) is 2.55. The van der Waals surface area contributed by atoms with Crippen LogP contribution >= 0.6 is 0 Å². The van der Waals surface area contributed by atoms with E-state index in [-0.39, 0.29) is 11.7 Å².